The van der Waals surface area contributed by atoms with Gasteiger partial charge in [-0.2, -0.15) is 9.50 Å². The highest BCUT2D eigenvalue weighted by Crippen LogP contribution is 2.41. The number of methoxy groups -OCH3 is 1. The number of aryl methyl sites for hydroxylation is 1. The van der Waals surface area contributed by atoms with Gasteiger partial charge in [0.05, 0.1) is 24.3 Å². The Balaban J connectivity index is 1.31. The summed E-state index contributed by atoms with van der Waals surface area (Å²) in [5.74, 6) is 2.03. The van der Waals surface area contributed by atoms with Crippen molar-refractivity contribution in [3.8, 4) is 23.2 Å². The lowest BCUT2D eigenvalue weighted by atomic mass is 10.0. The Hall–Kier alpha value is -3.82. The van der Waals surface area contributed by atoms with Crippen LogP contribution >= 0.6 is 11.3 Å². The summed E-state index contributed by atoms with van der Waals surface area (Å²) in [4.78, 5) is 10.9. The number of rotatable bonds is 6. The van der Waals surface area contributed by atoms with Gasteiger partial charge in [0.2, 0.25) is 16.7 Å². The van der Waals surface area contributed by atoms with Gasteiger partial charge in [-0.15, -0.1) is 5.10 Å². The van der Waals surface area contributed by atoms with Crippen LogP contribution < -0.4 is 9.64 Å². The van der Waals surface area contributed by atoms with Gasteiger partial charge in [0.25, 0.3) is 0 Å². The Bertz CT molecular complexity index is 1450. The molecule has 8 nitrogen and oxygen atoms in total. The van der Waals surface area contributed by atoms with Crippen LogP contribution in [0.15, 0.2) is 71.3 Å². The second-order valence-electron chi connectivity index (χ2n) is 8.93. The van der Waals surface area contributed by atoms with Crippen LogP contribution in [0.4, 0.5) is 5.69 Å². The Kier molecular flexibility index (Phi) is 5.86. The van der Waals surface area contributed by atoms with Crippen LogP contribution in [0.25, 0.3) is 16.5 Å². The predicted molar refractivity (Wildman–Crippen MR) is 140 cm³/mol. The second kappa shape index (κ2) is 9.33. The van der Waals surface area contributed by atoms with Gasteiger partial charge < -0.3 is 19.2 Å². The number of piperazine rings is 1. The van der Waals surface area contributed by atoms with Crippen LogP contribution in [-0.2, 0) is 0 Å². The molecule has 6 rings (SSSR count). The largest absolute Gasteiger partial charge is 0.497 e. The lowest BCUT2D eigenvalue weighted by molar-refractivity contribution is 0.211. The van der Waals surface area contributed by atoms with Crippen molar-refractivity contribution < 1.29 is 14.3 Å². The predicted octanol–water partition coefficient (Wildman–Crippen LogP) is 4.99. The maximum atomic E-state index is 11.3. The molecule has 1 fully saturated rings. The SMILES string of the molecule is COc1ccc(N2CCN(C(c3ccc(C)cc3)c3sc4nc(-c5ccco5)nn4c3O)CC2)cc1. The highest BCUT2D eigenvalue weighted by atomic mass is 32.1. The molecule has 1 N–H and O–H groups in total. The first kappa shape index (κ1) is 22.6. The van der Waals surface area contributed by atoms with Crippen LogP contribution in [-0.4, -0.2) is 57.9 Å². The number of anilines is 1. The number of hydrogen-bond acceptors (Lipinski definition) is 8. The van der Waals surface area contributed by atoms with E-state index in [1.165, 1.54) is 27.1 Å². The summed E-state index contributed by atoms with van der Waals surface area (Å²) in [7, 11) is 1.68. The molecule has 1 saturated heterocycles. The van der Waals surface area contributed by atoms with Crippen molar-refractivity contribution in [1.29, 1.82) is 0 Å². The molecule has 3 aromatic heterocycles. The van der Waals surface area contributed by atoms with E-state index in [-0.39, 0.29) is 11.9 Å². The number of aromatic nitrogens is 3. The minimum absolute atomic E-state index is 0.0934. The van der Waals surface area contributed by atoms with Gasteiger partial charge in [-0.3, -0.25) is 4.90 Å². The van der Waals surface area contributed by atoms with Crippen molar-refractivity contribution in [3.05, 3.63) is 82.9 Å². The fourth-order valence-corrected chi connectivity index (χ4v) is 5.86. The van der Waals surface area contributed by atoms with Crippen LogP contribution in [0, 0.1) is 6.92 Å². The third-order valence-electron chi connectivity index (χ3n) is 6.70. The molecule has 184 valence electrons. The van der Waals surface area contributed by atoms with Gasteiger partial charge in [-0.1, -0.05) is 41.2 Å². The van der Waals surface area contributed by atoms with E-state index in [1.807, 2.05) is 18.2 Å². The van der Waals surface area contributed by atoms with E-state index in [0.717, 1.165) is 42.4 Å². The molecule has 0 saturated carbocycles. The Morgan fingerprint density at radius 1 is 1.00 bits per heavy atom. The molecule has 1 unspecified atom stereocenters. The van der Waals surface area contributed by atoms with Crippen molar-refractivity contribution >= 4 is 22.0 Å². The quantitative estimate of drug-likeness (QED) is 0.351. The van der Waals surface area contributed by atoms with E-state index in [4.69, 9.17) is 9.15 Å². The van der Waals surface area contributed by atoms with Crippen LogP contribution in [0.2, 0.25) is 0 Å². The van der Waals surface area contributed by atoms with E-state index in [2.05, 4.69) is 63.2 Å². The normalized spacial score (nSPS) is 15.4. The van der Waals surface area contributed by atoms with E-state index >= 15 is 0 Å². The Morgan fingerprint density at radius 2 is 1.75 bits per heavy atom. The first-order valence-electron chi connectivity index (χ1n) is 11.9. The van der Waals surface area contributed by atoms with Crippen molar-refractivity contribution in [2.24, 2.45) is 0 Å². The third-order valence-corrected chi connectivity index (χ3v) is 7.77. The highest BCUT2D eigenvalue weighted by Gasteiger charge is 2.32. The van der Waals surface area contributed by atoms with Gasteiger partial charge in [0.15, 0.2) is 5.76 Å². The van der Waals surface area contributed by atoms with E-state index in [1.54, 1.807) is 19.4 Å². The maximum absolute atomic E-state index is 11.3. The molecule has 1 aliphatic rings. The van der Waals surface area contributed by atoms with Crippen molar-refractivity contribution in [3.63, 3.8) is 0 Å². The molecule has 0 radical (unpaired) electrons. The molecule has 2 aromatic carbocycles. The minimum Gasteiger partial charge on any atom is -0.497 e. The maximum Gasteiger partial charge on any atom is 0.230 e. The minimum atomic E-state index is -0.0934. The number of benzene rings is 2. The van der Waals surface area contributed by atoms with Gasteiger partial charge >= 0.3 is 0 Å². The van der Waals surface area contributed by atoms with Gasteiger partial charge in [-0.25, -0.2) is 0 Å². The Morgan fingerprint density at radius 3 is 2.39 bits per heavy atom. The summed E-state index contributed by atoms with van der Waals surface area (Å²) in [6.07, 6.45) is 1.59. The number of aromatic hydroxyl groups is 1. The summed E-state index contributed by atoms with van der Waals surface area (Å²) < 4.78 is 12.3. The number of furan rings is 1. The molecule has 36 heavy (non-hydrogen) atoms. The summed E-state index contributed by atoms with van der Waals surface area (Å²) in [5.41, 5.74) is 3.54. The number of ether oxygens (including phenoxy) is 1. The molecule has 0 bridgehead atoms. The fourth-order valence-electron chi connectivity index (χ4n) is 4.75. The number of fused-ring (bicyclic) bond motifs is 1. The van der Waals surface area contributed by atoms with Gasteiger partial charge in [-0.05, 0) is 48.9 Å². The topological polar surface area (TPSA) is 79.3 Å². The van der Waals surface area contributed by atoms with Gasteiger partial charge in [0, 0.05) is 31.9 Å². The summed E-state index contributed by atoms with van der Waals surface area (Å²) in [5, 5.41) is 15.8. The lowest BCUT2D eigenvalue weighted by Gasteiger charge is -2.40. The number of nitrogens with zero attached hydrogens (tertiary/aromatic N) is 5. The zero-order valence-electron chi connectivity index (χ0n) is 20.2. The van der Waals surface area contributed by atoms with Crippen LogP contribution in [0.3, 0.4) is 0 Å². The lowest BCUT2D eigenvalue weighted by Crippen LogP contribution is -2.47. The number of thiazole rings is 1. The molecule has 1 aliphatic heterocycles. The Labute approximate surface area is 213 Å². The van der Waals surface area contributed by atoms with Crippen molar-refractivity contribution in [2.45, 2.75) is 13.0 Å². The molecule has 9 heteroatoms. The third kappa shape index (κ3) is 4.10. The van der Waals surface area contributed by atoms with Crippen LogP contribution in [0.5, 0.6) is 11.6 Å². The molecule has 5 aromatic rings. The summed E-state index contributed by atoms with van der Waals surface area (Å²) in [6, 6.07) is 20.3. The van der Waals surface area contributed by atoms with E-state index < -0.39 is 0 Å². The average Bonchev–Trinajstić information content (AvgIpc) is 3.65. The molecule has 1 atom stereocenters. The molecular weight excluding hydrogens is 474 g/mol. The van der Waals surface area contributed by atoms with Crippen molar-refractivity contribution in [1.82, 2.24) is 19.5 Å². The van der Waals surface area contributed by atoms with E-state index in [9.17, 15) is 5.11 Å². The molecular formula is C27H27N5O3S. The first-order chi connectivity index (χ1) is 17.6. The summed E-state index contributed by atoms with van der Waals surface area (Å²) >= 11 is 1.47. The van der Waals surface area contributed by atoms with Gasteiger partial charge in [0.1, 0.15) is 5.75 Å². The zero-order valence-corrected chi connectivity index (χ0v) is 21.0. The second-order valence-corrected chi connectivity index (χ2v) is 9.94. The van der Waals surface area contributed by atoms with Crippen molar-refractivity contribution in [2.75, 3.05) is 38.2 Å². The summed E-state index contributed by atoms with van der Waals surface area (Å²) in [6.45, 7) is 5.57. The number of hydrogen-bond donors (Lipinski definition) is 1. The molecule has 0 aliphatic carbocycles. The van der Waals surface area contributed by atoms with E-state index in [0.29, 0.717) is 16.5 Å². The standard InChI is InChI=1S/C27H27N5O3S/c1-18-5-7-19(8-6-18)23(31-15-13-30(14-16-31)20-9-11-21(34-2)12-10-20)24-26(33)32-27(36-24)28-25(29-32)22-4-3-17-35-22/h3-12,17,23,33H,13-16H2,1-2H3. The average molecular weight is 502 g/mol. The fraction of sp³-hybridized carbons (Fsp3) is 0.259. The molecule has 4 heterocycles. The first-order valence-corrected chi connectivity index (χ1v) is 12.7. The molecule has 0 amide bonds. The zero-order chi connectivity index (χ0) is 24.6. The molecule has 0 spiro atoms. The van der Waals surface area contributed by atoms with Crippen LogP contribution in [0.1, 0.15) is 22.0 Å². The smallest absolute Gasteiger partial charge is 0.230 e. The monoisotopic (exact) mass is 501 g/mol. The highest BCUT2D eigenvalue weighted by molar-refractivity contribution is 7.17.